The molecule has 2 unspecified atom stereocenters. The van der Waals surface area contributed by atoms with E-state index in [1.165, 1.54) is 0 Å². The number of sulfone groups is 1. The van der Waals surface area contributed by atoms with Gasteiger partial charge in [-0.2, -0.15) is 0 Å². The van der Waals surface area contributed by atoms with Crippen LogP contribution in [-0.2, 0) is 9.84 Å². The van der Waals surface area contributed by atoms with E-state index < -0.39 is 15.9 Å². The molecule has 5 heteroatoms. The minimum Gasteiger partial charge on any atom is -0.508 e. The lowest BCUT2D eigenvalue weighted by atomic mass is 9.94. The van der Waals surface area contributed by atoms with Gasteiger partial charge in [-0.3, -0.25) is 0 Å². The molecule has 4 nitrogen and oxygen atoms in total. The molecule has 0 aromatic heterocycles. The van der Waals surface area contributed by atoms with Crippen LogP contribution in [0.3, 0.4) is 0 Å². The highest BCUT2D eigenvalue weighted by Crippen LogP contribution is 2.33. The number of nitrogens with two attached hydrogens (primary N) is 1. The highest BCUT2D eigenvalue weighted by atomic mass is 32.2. The highest BCUT2D eigenvalue weighted by molar-refractivity contribution is 7.91. The van der Waals surface area contributed by atoms with Gasteiger partial charge in [0.15, 0.2) is 9.84 Å². The van der Waals surface area contributed by atoms with Gasteiger partial charge in [0.2, 0.25) is 0 Å². The Bertz CT molecular complexity index is 469. The summed E-state index contributed by atoms with van der Waals surface area (Å²) in [5, 5.41) is 9.61. The largest absolute Gasteiger partial charge is 0.508 e. The number of hydrogen-bond acceptors (Lipinski definition) is 4. The number of phenols is 1. The maximum Gasteiger partial charge on any atom is 0.152 e. The van der Waals surface area contributed by atoms with Crippen LogP contribution in [0.2, 0.25) is 0 Å². The van der Waals surface area contributed by atoms with Crippen LogP contribution in [-0.4, -0.2) is 31.1 Å². The quantitative estimate of drug-likeness (QED) is 0.719. The molecule has 1 aliphatic rings. The van der Waals surface area contributed by atoms with Crippen molar-refractivity contribution in [3.05, 3.63) is 29.8 Å². The van der Waals surface area contributed by atoms with E-state index in [2.05, 4.69) is 0 Å². The Balaban J connectivity index is 2.38. The zero-order chi connectivity index (χ0) is 11.1. The van der Waals surface area contributed by atoms with Gasteiger partial charge in [0, 0.05) is 12.0 Å². The van der Waals surface area contributed by atoms with E-state index in [0.717, 1.165) is 0 Å². The van der Waals surface area contributed by atoms with Crippen molar-refractivity contribution in [2.24, 2.45) is 5.73 Å². The third-order valence-electron chi connectivity index (χ3n) is 2.73. The average Bonchev–Trinajstić information content (AvgIpc) is 2.40. The fraction of sp³-hybridized carbons (Fsp3) is 0.400. The van der Waals surface area contributed by atoms with Crippen molar-refractivity contribution in [3.8, 4) is 5.75 Å². The van der Waals surface area contributed by atoms with E-state index in [9.17, 15) is 13.5 Å². The lowest BCUT2D eigenvalue weighted by Gasteiger charge is -2.14. The molecule has 0 amide bonds. The van der Waals surface area contributed by atoms with Crippen molar-refractivity contribution >= 4 is 9.84 Å². The number of benzene rings is 1. The molecule has 82 valence electrons. The van der Waals surface area contributed by atoms with Gasteiger partial charge in [-0.05, 0) is 11.6 Å². The Kier molecular flexibility index (Phi) is 2.44. The summed E-state index contributed by atoms with van der Waals surface area (Å²) in [5.41, 5.74) is 6.40. The SMILES string of the molecule is NC1CS(=O)(=O)CC1c1ccccc1O. The van der Waals surface area contributed by atoms with Crippen molar-refractivity contribution < 1.29 is 13.5 Å². The summed E-state index contributed by atoms with van der Waals surface area (Å²) < 4.78 is 22.7. The Labute approximate surface area is 88.6 Å². The summed E-state index contributed by atoms with van der Waals surface area (Å²) in [6, 6.07) is 6.33. The molecule has 1 saturated heterocycles. The third-order valence-corrected chi connectivity index (χ3v) is 4.49. The number of aromatic hydroxyl groups is 1. The molecule has 0 saturated carbocycles. The lowest BCUT2D eigenvalue weighted by Crippen LogP contribution is -2.27. The molecule has 1 aliphatic heterocycles. The molecule has 15 heavy (non-hydrogen) atoms. The minimum atomic E-state index is -3.05. The number of hydrogen-bond donors (Lipinski definition) is 2. The Morgan fingerprint density at radius 1 is 1.27 bits per heavy atom. The molecule has 1 heterocycles. The Hall–Kier alpha value is -1.07. The van der Waals surface area contributed by atoms with Crippen LogP contribution in [0.25, 0.3) is 0 Å². The molecule has 0 bridgehead atoms. The Morgan fingerprint density at radius 3 is 2.47 bits per heavy atom. The smallest absolute Gasteiger partial charge is 0.152 e. The van der Waals surface area contributed by atoms with E-state index in [0.29, 0.717) is 5.56 Å². The maximum absolute atomic E-state index is 11.4. The summed E-state index contributed by atoms with van der Waals surface area (Å²) in [4.78, 5) is 0. The molecule has 1 aromatic carbocycles. The van der Waals surface area contributed by atoms with Gasteiger partial charge in [0.25, 0.3) is 0 Å². The monoisotopic (exact) mass is 227 g/mol. The third kappa shape index (κ3) is 1.98. The lowest BCUT2D eigenvalue weighted by molar-refractivity contribution is 0.459. The van der Waals surface area contributed by atoms with Gasteiger partial charge in [-0.15, -0.1) is 0 Å². The van der Waals surface area contributed by atoms with E-state index in [-0.39, 0.29) is 23.2 Å². The maximum atomic E-state index is 11.4. The first-order valence-electron chi connectivity index (χ1n) is 4.73. The molecule has 0 aliphatic carbocycles. The molecule has 0 spiro atoms. The molecule has 1 aromatic rings. The van der Waals surface area contributed by atoms with Crippen LogP contribution < -0.4 is 5.73 Å². The summed E-state index contributed by atoms with van der Waals surface area (Å²) in [6.45, 7) is 0. The van der Waals surface area contributed by atoms with Crippen molar-refractivity contribution in [3.63, 3.8) is 0 Å². The first-order chi connectivity index (χ1) is 6.99. The minimum absolute atomic E-state index is 0.00595. The average molecular weight is 227 g/mol. The summed E-state index contributed by atoms with van der Waals surface area (Å²) >= 11 is 0. The predicted molar refractivity (Wildman–Crippen MR) is 57.5 cm³/mol. The highest BCUT2D eigenvalue weighted by Gasteiger charge is 2.37. The van der Waals surface area contributed by atoms with Crippen molar-refractivity contribution in [1.29, 1.82) is 0 Å². The van der Waals surface area contributed by atoms with E-state index >= 15 is 0 Å². The van der Waals surface area contributed by atoms with Crippen molar-refractivity contribution in [1.82, 2.24) is 0 Å². The van der Waals surface area contributed by atoms with Gasteiger partial charge in [-0.25, -0.2) is 8.42 Å². The molecular formula is C10H13NO3S. The molecule has 2 atom stereocenters. The van der Waals surface area contributed by atoms with E-state index in [4.69, 9.17) is 5.73 Å². The topological polar surface area (TPSA) is 80.4 Å². The van der Waals surface area contributed by atoms with Crippen LogP contribution in [0.15, 0.2) is 24.3 Å². The van der Waals surface area contributed by atoms with Crippen LogP contribution in [0, 0.1) is 0 Å². The van der Waals surface area contributed by atoms with Crippen LogP contribution in [0.1, 0.15) is 11.5 Å². The van der Waals surface area contributed by atoms with Crippen LogP contribution in [0.5, 0.6) is 5.75 Å². The second kappa shape index (κ2) is 3.50. The van der Waals surface area contributed by atoms with Gasteiger partial charge in [-0.1, -0.05) is 18.2 Å². The van der Waals surface area contributed by atoms with E-state index in [1.54, 1.807) is 24.3 Å². The van der Waals surface area contributed by atoms with Gasteiger partial charge in [0.05, 0.1) is 11.5 Å². The van der Waals surface area contributed by atoms with Gasteiger partial charge in [0.1, 0.15) is 5.75 Å². The second-order valence-corrected chi connectivity index (χ2v) is 6.06. The number of phenolic OH excluding ortho intramolecular Hbond substituents is 1. The Morgan fingerprint density at radius 2 is 1.93 bits per heavy atom. The normalized spacial score (nSPS) is 29.1. The zero-order valence-electron chi connectivity index (χ0n) is 8.13. The fourth-order valence-corrected chi connectivity index (χ4v) is 3.92. The summed E-state index contributed by atoms with van der Waals surface area (Å²) in [5.74, 6) is -0.121. The fourth-order valence-electron chi connectivity index (χ4n) is 2.00. The second-order valence-electron chi connectivity index (χ2n) is 3.91. The van der Waals surface area contributed by atoms with Crippen LogP contribution >= 0.6 is 0 Å². The number of rotatable bonds is 1. The summed E-state index contributed by atoms with van der Waals surface area (Å²) in [7, 11) is -3.05. The molecule has 0 radical (unpaired) electrons. The van der Waals surface area contributed by atoms with Gasteiger partial charge < -0.3 is 10.8 Å². The first kappa shape index (κ1) is 10.4. The predicted octanol–water partition coefficient (Wildman–Crippen LogP) is 0.231. The molecule has 1 fully saturated rings. The standard InChI is InChI=1S/C10H13NO3S/c11-9-6-15(13,14)5-8(9)7-3-1-2-4-10(7)12/h1-4,8-9,12H,5-6,11H2. The molecule has 3 N–H and O–H groups in total. The number of para-hydroxylation sites is 1. The molecular weight excluding hydrogens is 214 g/mol. The summed E-state index contributed by atoms with van der Waals surface area (Å²) in [6.07, 6.45) is 0. The zero-order valence-corrected chi connectivity index (χ0v) is 8.94. The molecule has 2 rings (SSSR count). The van der Waals surface area contributed by atoms with Crippen LogP contribution in [0.4, 0.5) is 0 Å². The van der Waals surface area contributed by atoms with E-state index in [1.807, 2.05) is 0 Å². The van der Waals surface area contributed by atoms with Gasteiger partial charge >= 0.3 is 0 Å². The first-order valence-corrected chi connectivity index (χ1v) is 6.55. The van der Waals surface area contributed by atoms with Crippen molar-refractivity contribution in [2.45, 2.75) is 12.0 Å². The van der Waals surface area contributed by atoms with Crippen molar-refractivity contribution in [2.75, 3.05) is 11.5 Å².